The Balaban J connectivity index is 1.35. The Hall–Kier alpha value is -0.990. The maximum atomic E-state index is 11.6. The van der Waals surface area contributed by atoms with E-state index in [0.29, 0.717) is 31.6 Å². The van der Waals surface area contributed by atoms with Crippen LogP contribution in [-0.4, -0.2) is 71.1 Å². The standard InChI is InChI=1S/C35H64O7/c1-3-4-5-6-7-8-9-10-11-15-21-33(38)34-23-22-32(42-34)27-40-24-17-16-19-30(36)18-13-12-14-20-31(37)26-29-25-28(2)41-35(29)39/h25,28,30-34,36-38H,3-24,26-27H2,1-2H3. The molecule has 0 amide bonds. The second-order valence-corrected chi connectivity index (χ2v) is 12.9. The van der Waals surface area contributed by atoms with Gasteiger partial charge in [0.05, 0.1) is 37.1 Å². The van der Waals surface area contributed by atoms with Gasteiger partial charge in [0.25, 0.3) is 0 Å². The van der Waals surface area contributed by atoms with E-state index in [1.54, 1.807) is 6.08 Å². The van der Waals surface area contributed by atoms with E-state index in [-0.39, 0.29) is 36.5 Å². The molecule has 0 aromatic rings. The van der Waals surface area contributed by atoms with Crippen molar-refractivity contribution in [2.45, 2.75) is 192 Å². The van der Waals surface area contributed by atoms with Gasteiger partial charge in [0.15, 0.2) is 0 Å². The molecule has 0 saturated carbocycles. The van der Waals surface area contributed by atoms with E-state index < -0.39 is 6.10 Å². The zero-order valence-corrected chi connectivity index (χ0v) is 27.0. The molecule has 3 N–H and O–H groups in total. The number of rotatable bonds is 27. The summed E-state index contributed by atoms with van der Waals surface area (Å²) in [4.78, 5) is 11.6. The third kappa shape index (κ3) is 17.3. The van der Waals surface area contributed by atoms with Crippen molar-refractivity contribution in [2.75, 3.05) is 13.2 Å². The third-order valence-corrected chi connectivity index (χ3v) is 8.82. The predicted octanol–water partition coefficient (Wildman–Crippen LogP) is 7.33. The van der Waals surface area contributed by atoms with E-state index >= 15 is 0 Å². The Morgan fingerprint density at radius 2 is 1.36 bits per heavy atom. The summed E-state index contributed by atoms with van der Waals surface area (Å²) in [5.41, 5.74) is 0.586. The summed E-state index contributed by atoms with van der Waals surface area (Å²) in [6.45, 7) is 5.35. The molecular formula is C35H64O7. The lowest BCUT2D eigenvalue weighted by Crippen LogP contribution is -2.27. The van der Waals surface area contributed by atoms with Gasteiger partial charge in [-0.1, -0.05) is 90.4 Å². The monoisotopic (exact) mass is 596 g/mol. The van der Waals surface area contributed by atoms with Crippen LogP contribution < -0.4 is 0 Å². The van der Waals surface area contributed by atoms with Crippen molar-refractivity contribution in [2.24, 2.45) is 0 Å². The maximum Gasteiger partial charge on any atom is 0.334 e. The van der Waals surface area contributed by atoms with Crippen molar-refractivity contribution in [3.8, 4) is 0 Å². The topological polar surface area (TPSA) is 105 Å². The summed E-state index contributed by atoms with van der Waals surface area (Å²) < 4.78 is 17.0. The molecule has 7 heteroatoms. The van der Waals surface area contributed by atoms with E-state index in [1.807, 2.05) is 6.92 Å². The first-order chi connectivity index (χ1) is 20.4. The summed E-state index contributed by atoms with van der Waals surface area (Å²) >= 11 is 0. The maximum absolute atomic E-state index is 11.6. The fourth-order valence-corrected chi connectivity index (χ4v) is 6.18. The number of ether oxygens (including phenoxy) is 3. The minimum Gasteiger partial charge on any atom is -0.455 e. The second-order valence-electron chi connectivity index (χ2n) is 12.9. The normalized spacial score (nSPS) is 22.7. The first-order valence-corrected chi connectivity index (χ1v) is 17.6. The van der Waals surface area contributed by atoms with Gasteiger partial charge in [0, 0.05) is 18.6 Å². The minimum absolute atomic E-state index is 0.0390. The molecule has 42 heavy (non-hydrogen) atoms. The highest BCUT2D eigenvalue weighted by Gasteiger charge is 2.30. The third-order valence-electron chi connectivity index (χ3n) is 8.82. The van der Waals surface area contributed by atoms with Gasteiger partial charge in [-0.05, 0) is 64.4 Å². The number of aliphatic hydroxyl groups is 3. The van der Waals surface area contributed by atoms with E-state index in [4.69, 9.17) is 14.2 Å². The summed E-state index contributed by atoms with van der Waals surface area (Å²) in [6.07, 6.45) is 23.6. The SMILES string of the molecule is CCCCCCCCCCCCC(O)C1CCC(COCCCCC(O)CCCCCC(O)CC2=CC(C)OC2=O)O1. The zero-order chi connectivity index (χ0) is 30.4. The Morgan fingerprint density at radius 1 is 0.786 bits per heavy atom. The lowest BCUT2D eigenvalue weighted by molar-refractivity contribution is -0.139. The fraction of sp³-hybridized carbons (Fsp3) is 0.914. The molecule has 2 heterocycles. The van der Waals surface area contributed by atoms with Crippen molar-refractivity contribution in [3.63, 3.8) is 0 Å². The molecule has 6 unspecified atom stereocenters. The van der Waals surface area contributed by atoms with Gasteiger partial charge in [0.2, 0.25) is 0 Å². The van der Waals surface area contributed by atoms with Gasteiger partial charge in [-0.3, -0.25) is 0 Å². The molecule has 0 aliphatic carbocycles. The Bertz CT molecular complexity index is 711. The van der Waals surface area contributed by atoms with Crippen molar-refractivity contribution in [1.29, 1.82) is 0 Å². The van der Waals surface area contributed by atoms with Gasteiger partial charge in [-0.2, -0.15) is 0 Å². The van der Waals surface area contributed by atoms with Gasteiger partial charge < -0.3 is 29.5 Å². The van der Waals surface area contributed by atoms with E-state index in [9.17, 15) is 20.1 Å². The first-order valence-electron chi connectivity index (χ1n) is 17.6. The molecule has 2 aliphatic rings. The van der Waals surface area contributed by atoms with Crippen LogP contribution in [0.2, 0.25) is 0 Å². The number of hydrogen-bond donors (Lipinski definition) is 3. The van der Waals surface area contributed by atoms with Crippen LogP contribution in [0.4, 0.5) is 0 Å². The van der Waals surface area contributed by atoms with Crippen molar-refractivity contribution in [3.05, 3.63) is 11.6 Å². The molecule has 1 fully saturated rings. The van der Waals surface area contributed by atoms with Crippen LogP contribution in [0.15, 0.2) is 11.6 Å². The second kappa shape index (κ2) is 23.4. The molecule has 0 spiro atoms. The lowest BCUT2D eigenvalue weighted by Gasteiger charge is -2.19. The largest absolute Gasteiger partial charge is 0.455 e. The number of cyclic esters (lactones) is 1. The van der Waals surface area contributed by atoms with Gasteiger partial charge in [-0.25, -0.2) is 4.79 Å². The van der Waals surface area contributed by atoms with Gasteiger partial charge in [-0.15, -0.1) is 0 Å². The molecule has 2 aliphatic heterocycles. The minimum atomic E-state index is -0.515. The predicted molar refractivity (Wildman–Crippen MR) is 168 cm³/mol. The van der Waals surface area contributed by atoms with Crippen LogP contribution in [-0.2, 0) is 19.0 Å². The Labute approximate surface area is 256 Å². The van der Waals surface area contributed by atoms with Crippen molar-refractivity contribution in [1.82, 2.24) is 0 Å². The number of carbonyl (C=O) groups excluding carboxylic acids is 1. The highest BCUT2D eigenvalue weighted by molar-refractivity contribution is 5.90. The molecule has 0 radical (unpaired) electrons. The highest BCUT2D eigenvalue weighted by atomic mass is 16.6. The van der Waals surface area contributed by atoms with E-state index in [0.717, 1.165) is 70.6 Å². The van der Waals surface area contributed by atoms with Crippen LogP contribution in [0.5, 0.6) is 0 Å². The van der Waals surface area contributed by atoms with E-state index in [1.165, 1.54) is 57.8 Å². The van der Waals surface area contributed by atoms with Crippen LogP contribution in [0.3, 0.4) is 0 Å². The number of carbonyl (C=O) groups is 1. The molecule has 7 nitrogen and oxygen atoms in total. The van der Waals surface area contributed by atoms with E-state index in [2.05, 4.69) is 6.92 Å². The van der Waals surface area contributed by atoms with Gasteiger partial charge >= 0.3 is 5.97 Å². The van der Waals surface area contributed by atoms with Crippen molar-refractivity contribution < 1.29 is 34.3 Å². The number of hydrogen-bond acceptors (Lipinski definition) is 7. The molecule has 1 saturated heterocycles. The molecule has 246 valence electrons. The average Bonchev–Trinajstić information content (AvgIpc) is 3.56. The first kappa shape index (κ1) is 37.2. The molecular weight excluding hydrogens is 532 g/mol. The lowest BCUT2D eigenvalue weighted by atomic mass is 10.0. The van der Waals surface area contributed by atoms with Crippen molar-refractivity contribution >= 4 is 5.97 Å². The smallest absolute Gasteiger partial charge is 0.334 e. The van der Waals surface area contributed by atoms with Crippen LogP contribution in [0.25, 0.3) is 0 Å². The zero-order valence-electron chi connectivity index (χ0n) is 27.0. The Kier molecular flexibility index (Phi) is 20.7. The van der Waals surface area contributed by atoms with Crippen LogP contribution in [0, 0.1) is 0 Å². The van der Waals surface area contributed by atoms with Crippen LogP contribution in [0.1, 0.15) is 155 Å². The summed E-state index contributed by atoms with van der Waals surface area (Å²) in [7, 11) is 0. The number of unbranched alkanes of at least 4 members (excludes halogenated alkanes) is 12. The van der Waals surface area contributed by atoms with Crippen LogP contribution >= 0.6 is 0 Å². The molecule has 0 aromatic carbocycles. The quantitative estimate of drug-likeness (QED) is 0.0674. The number of aliphatic hydroxyl groups excluding tert-OH is 3. The summed E-state index contributed by atoms with van der Waals surface area (Å²) in [6, 6.07) is 0. The van der Waals surface area contributed by atoms with Gasteiger partial charge in [0.1, 0.15) is 6.10 Å². The fourth-order valence-electron chi connectivity index (χ4n) is 6.18. The molecule has 0 bridgehead atoms. The average molecular weight is 597 g/mol. The highest BCUT2D eigenvalue weighted by Crippen LogP contribution is 2.25. The Morgan fingerprint density at radius 3 is 2.00 bits per heavy atom. The molecule has 0 aromatic heterocycles. The number of esters is 1. The molecule has 2 rings (SSSR count). The summed E-state index contributed by atoms with van der Waals surface area (Å²) in [5, 5.41) is 31.0. The molecule has 6 atom stereocenters. The summed E-state index contributed by atoms with van der Waals surface area (Å²) in [5.74, 6) is -0.305.